The second kappa shape index (κ2) is 7.52. The molecular formula is C12H19N3O4. The van der Waals surface area contributed by atoms with Gasteiger partial charge >= 0.3 is 5.97 Å². The highest BCUT2D eigenvalue weighted by Gasteiger charge is 2.12. The van der Waals surface area contributed by atoms with Gasteiger partial charge in [0.15, 0.2) is 5.82 Å². The fraction of sp³-hybridized carbons (Fsp3) is 0.583. The normalized spacial score (nSPS) is 10.5. The first-order valence-corrected chi connectivity index (χ1v) is 6.07. The van der Waals surface area contributed by atoms with Gasteiger partial charge in [-0.2, -0.15) is 0 Å². The molecule has 0 aliphatic heterocycles. The molecule has 19 heavy (non-hydrogen) atoms. The van der Waals surface area contributed by atoms with E-state index in [1.807, 2.05) is 11.8 Å². The van der Waals surface area contributed by atoms with Crippen molar-refractivity contribution < 1.29 is 18.8 Å². The Hall–Kier alpha value is -1.89. The zero-order valence-electron chi connectivity index (χ0n) is 11.4. The van der Waals surface area contributed by atoms with Crippen LogP contribution >= 0.6 is 0 Å². The summed E-state index contributed by atoms with van der Waals surface area (Å²) in [6, 6.07) is 1.64. The molecule has 1 amide bonds. The van der Waals surface area contributed by atoms with Crippen molar-refractivity contribution in [3.05, 3.63) is 11.8 Å². The SMILES string of the molecule is CCN(CCC(=O)Nc1cc(C)on1)CC(=O)OC. The predicted molar refractivity (Wildman–Crippen MR) is 68.6 cm³/mol. The van der Waals surface area contributed by atoms with Gasteiger partial charge in [-0.25, -0.2) is 0 Å². The minimum atomic E-state index is -0.311. The Labute approximate surface area is 111 Å². The van der Waals surface area contributed by atoms with E-state index in [9.17, 15) is 9.59 Å². The maximum Gasteiger partial charge on any atom is 0.319 e. The molecule has 1 aromatic rings. The summed E-state index contributed by atoms with van der Waals surface area (Å²) < 4.78 is 9.43. The highest BCUT2D eigenvalue weighted by molar-refractivity contribution is 5.89. The van der Waals surface area contributed by atoms with Gasteiger partial charge in [0.2, 0.25) is 5.91 Å². The smallest absolute Gasteiger partial charge is 0.319 e. The minimum absolute atomic E-state index is 0.170. The molecule has 1 N–H and O–H groups in total. The quantitative estimate of drug-likeness (QED) is 0.737. The molecule has 1 rings (SSSR count). The molecular weight excluding hydrogens is 250 g/mol. The van der Waals surface area contributed by atoms with Crippen LogP contribution < -0.4 is 5.32 Å². The third kappa shape index (κ3) is 5.52. The molecule has 0 aromatic carbocycles. The number of hydrogen-bond acceptors (Lipinski definition) is 6. The van der Waals surface area contributed by atoms with E-state index in [2.05, 4.69) is 15.2 Å². The number of nitrogens with one attached hydrogen (secondary N) is 1. The molecule has 0 aliphatic rings. The lowest BCUT2D eigenvalue weighted by atomic mass is 10.3. The van der Waals surface area contributed by atoms with Crippen molar-refractivity contribution in [3.63, 3.8) is 0 Å². The molecule has 0 radical (unpaired) electrons. The average molecular weight is 269 g/mol. The van der Waals surface area contributed by atoms with Crippen molar-refractivity contribution in [1.29, 1.82) is 0 Å². The first-order valence-electron chi connectivity index (χ1n) is 6.07. The molecule has 7 nitrogen and oxygen atoms in total. The number of rotatable bonds is 7. The first-order chi connectivity index (χ1) is 9.05. The number of amides is 1. The Balaban J connectivity index is 2.33. The van der Waals surface area contributed by atoms with Gasteiger partial charge in [-0.1, -0.05) is 12.1 Å². The molecule has 0 bridgehead atoms. The predicted octanol–water partition coefficient (Wildman–Crippen LogP) is 0.807. The highest BCUT2D eigenvalue weighted by atomic mass is 16.5. The number of ether oxygens (including phenoxy) is 1. The Bertz CT molecular complexity index is 430. The molecule has 0 aliphatic carbocycles. The molecule has 0 atom stereocenters. The van der Waals surface area contributed by atoms with Gasteiger partial charge in [0.05, 0.1) is 13.7 Å². The lowest BCUT2D eigenvalue weighted by molar-refractivity contribution is -0.142. The van der Waals surface area contributed by atoms with E-state index in [1.165, 1.54) is 7.11 Å². The second-order valence-corrected chi connectivity index (χ2v) is 4.07. The van der Waals surface area contributed by atoms with Crippen LogP contribution in [-0.4, -0.2) is 48.7 Å². The molecule has 7 heteroatoms. The number of aryl methyl sites for hydroxylation is 1. The Morgan fingerprint density at radius 2 is 2.26 bits per heavy atom. The Morgan fingerprint density at radius 3 is 2.79 bits per heavy atom. The van der Waals surface area contributed by atoms with Crippen LogP contribution in [0.25, 0.3) is 0 Å². The van der Waals surface area contributed by atoms with Gasteiger partial charge in [-0.05, 0) is 13.5 Å². The third-order valence-electron chi connectivity index (χ3n) is 2.58. The molecule has 0 unspecified atom stereocenters. The number of esters is 1. The van der Waals surface area contributed by atoms with Gasteiger partial charge in [0, 0.05) is 19.0 Å². The molecule has 1 aromatic heterocycles. The summed E-state index contributed by atoms with van der Waals surface area (Å²) >= 11 is 0. The van der Waals surface area contributed by atoms with Crippen molar-refractivity contribution in [2.24, 2.45) is 0 Å². The van der Waals surface area contributed by atoms with E-state index in [0.717, 1.165) is 0 Å². The number of anilines is 1. The molecule has 0 fully saturated rings. The van der Waals surface area contributed by atoms with Gasteiger partial charge in [-0.3, -0.25) is 14.5 Å². The van der Waals surface area contributed by atoms with Crippen LogP contribution in [0.2, 0.25) is 0 Å². The number of hydrogen-bond donors (Lipinski definition) is 1. The topological polar surface area (TPSA) is 84.7 Å². The molecule has 0 saturated heterocycles. The average Bonchev–Trinajstić information content (AvgIpc) is 2.79. The number of carbonyl (C=O) groups is 2. The summed E-state index contributed by atoms with van der Waals surface area (Å²) in [7, 11) is 1.34. The van der Waals surface area contributed by atoms with Gasteiger partial charge in [-0.15, -0.1) is 0 Å². The second-order valence-electron chi connectivity index (χ2n) is 4.07. The van der Waals surface area contributed by atoms with Gasteiger partial charge in [0.1, 0.15) is 5.76 Å². The maximum absolute atomic E-state index is 11.7. The number of likely N-dealkylation sites (N-methyl/N-ethyl adjacent to an activating group) is 1. The van der Waals surface area contributed by atoms with Crippen LogP contribution in [0, 0.1) is 6.92 Å². The minimum Gasteiger partial charge on any atom is -0.468 e. The standard InChI is InChI=1S/C12H19N3O4/c1-4-15(8-12(17)18-3)6-5-11(16)13-10-7-9(2)19-14-10/h7H,4-6,8H2,1-3H3,(H,13,14,16). The lowest BCUT2D eigenvalue weighted by Gasteiger charge is -2.18. The first kappa shape index (κ1) is 15.2. The zero-order valence-corrected chi connectivity index (χ0v) is 11.4. The van der Waals surface area contributed by atoms with E-state index < -0.39 is 0 Å². The van der Waals surface area contributed by atoms with E-state index >= 15 is 0 Å². The fourth-order valence-corrected chi connectivity index (χ4v) is 1.49. The van der Waals surface area contributed by atoms with Crippen LogP contribution in [0.15, 0.2) is 10.6 Å². The van der Waals surface area contributed by atoms with Gasteiger partial charge in [0.25, 0.3) is 0 Å². The summed E-state index contributed by atoms with van der Waals surface area (Å²) in [5.74, 6) is 0.556. The summed E-state index contributed by atoms with van der Waals surface area (Å²) in [5.41, 5.74) is 0. The molecule has 0 spiro atoms. The summed E-state index contributed by atoms with van der Waals surface area (Å²) in [6.07, 6.45) is 0.275. The number of nitrogens with zero attached hydrogens (tertiary/aromatic N) is 2. The third-order valence-corrected chi connectivity index (χ3v) is 2.58. The van der Waals surface area contributed by atoms with E-state index in [0.29, 0.717) is 24.7 Å². The molecule has 0 saturated carbocycles. The van der Waals surface area contributed by atoms with Crippen molar-refractivity contribution in [3.8, 4) is 0 Å². The molecule has 1 heterocycles. The Morgan fingerprint density at radius 1 is 1.53 bits per heavy atom. The lowest BCUT2D eigenvalue weighted by Crippen LogP contribution is -2.33. The molecule has 106 valence electrons. The van der Waals surface area contributed by atoms with Crippen LogP contribution in [0.5, 0.6) is 0 Å². The van der Waals surface area contributed by atoms with E-state index in [4.69, 9.17) is 4.52 Å². The highest BCUT2D eigenvalue weighted by Crippen LogP contribution is 2.07. The Kier molecular flexibility index (Phi) is 6.01. The van der Waals surface area contributed by atoms with Crippen molar-refractivity contribution in [2.75, 3.05) is 32.1 Å². The summed E-state index contributed by atoms with van der Waals surface area (Å²) in [4.78, 5) is 24.6. The van der Waals surface area contributed by atoms with E-state index in [-0.39, 0.29) is 24.8 Å². The van der Waals surface area contributed by atoms with Gasteiger partial charge < -0.3 is 14.6 Å². The number of aromatic nitrogens is 1. The number of methoxy groups -OCH3 is 1. The van der Waals surface area contributed by atoms with Crippen LogP contribution in [0.1, 0.15) is 19.1 Å². The van der Waals surface area contributed by atoms with E-state index in [1.54, 1.807) is 13.0 Å². The fourth-order valence-electron chi connectivity index (χ4n) is 1.49. The van der Waals surface area contributed by atoms with Crippen LogP contribution in [-0.2, 0) is 14.3 Å². The summed E-state index contributed by atoms with van der Waals surface area (Å²) in [5, 5.41) is 6.29. The monoisotopic (exact) mass is 269 g/mol. The summed E-state index contributed by atoms with van der Waals surface area (Å²) in [6.45, 7) is 5.00. The van der Waals surface area contributed by atoms with Crippen LogP contribution in [0.4, 0.5) is 5.82 Å². The largest absolute Gasteiger partial charge is 0.468 e. The van der Waals surface area contributed by atoms with Crippen LogP contribution in [0.3, 0.4) is 0 Å². The van der Waals surface area contributed by atoms with Crippen molar-refractivity contribution >= 4 is 17.7 Å². The zero-order chi connectivity index (χ0) is 14.3. The maximum atomic E-state index is 11.7. The van der Waals surface area contributed by atoms with Crippen molar-refractivity contribution in [2.45, 2.75) is 20.3 Å². The number of carbonyl (C=O) groups excluding carboxylic acids is 2. The van der Waals surface area contributed by atoms with Crippen molar-refractivity contribution in [1.82, 2.24) is 10.1 Å².